The van der Waals surface area contributed by atoms with E-state index in [0.717, 1.165) is 6.07 Å². The van der Waals surface area contributed by atoms with Crippen LogP contribution in [0.4, 0.5) is 15.8 Å². The summed E-state index contributed by atoms with van der Waals surface area (Å²) < 4.78 is 13.2. The molecule has 0 bridgehead atoms. The SMILES string of the molecule is CNC(=O)c1cccc(NC(=O)c2cc(F)ccc2N)c1. The van der Waals surface area contributed by atoms with Gasteiger partial charge in [-0.1, -0.05) is 6.07 Å². The van der Waals surface area contributed by atoms with Crippen LogP contribution >= 0.6 is 0 Å². The molecule has 0 atom stereocenters. The molecule has 0 spiro atoms. The highest BCUT2D eigenvalue weighted by atomic mass is 19.1. The van der Waals surface area contributed by atoms with E-state index >= 15 is 0 Å². The van der Waals surface area contributed by atoms with Crippen LogP contribution in [0.5, 0.6) is 0 Å². The largest absolute Gasteiger partial charge is 0.398 e. The Morgan fingerprint density at radius 1 is 1.10 bits per heavy atom. The molecule has 0 aliphatic heterocycles. The number of carbonyl (C=O) groups excluding carboxylic acids is 2. The maximum Gasteiger partial charge on any atom is 0.257 e. The van der Waals surface area contributed by atoms with E-state index in [4.69, 9.17) is 5.73 Å². The fourth-order valence-electron chi connectivity index (χ4n) is 1.81. The van der Waals surface area contributed by atoms with Gasteiger partial charge < -0.3 is 16.4 Å². The number of anilines is 2. The van der Waals surface area contributed by atoms with E-state index < -0.39 is 11.7 Å². The lowest BCUT2D eigenvalue weighted by molar-refractivity contribution is 0.0961. The molecule has 0 saturated heterocycles. The number of amides is 2. The predicted molar refractivity (Wildman–Crippen MR) is 78.6 cm³/mol. The first-order chi connectivity index (χ1) is 10.0. The van der Waals surface area contributed by atoms with Crippen molar-refractivity contribution >= 4 is 23.2 Å². The lowest BCUT2D eigenvalue weighted by Gasteiger charge is -2.09. The van der Waals surface area contributed by atoms with E-state index in [1.807, 2.05) is 0 Å². The van der Waals surface area contributed by atoms with Crippen LogP contribution < -0.4 is 16.4 Å². The molecule has 4 N–H and O–H groups in total. The zero-order valence-corrected chi connectivity index (χ0v) is 11.3. The average Bonchev–Trinajstić information content (AvgIpc) is 2.49. The Bertz CT molecular complexity index is 701. The number of nitrogen functional groups attached to an aromatic ring is 1. The highest BCUT2D eigenvalue weighted by Crippen LogP contribution is 2.17. The fraction of sp³-hybridized carbons (Fsp3) is 0.0667. The fourth-order valence-corrected chi connectivity index (χ4v) is 1.81. The van der Waals surface area contributed by atoms with Gasteiger partial charge in [-0.05, 0) is 36.4 Å². The van der Waals surface area contributed by atoms with Crippen molar-refractivity contribution in [2.45, 2.75) is 0 Å². The van der Waals surface area contributed by atoms with Crippen LogP contribution in [-0.2, 0) is 0 Å². The summed E-state index contributed by atoms with van der Waals surface area (Å²) in [5.74, 6) is -1.36. The van der Waals surface area contributed by atoms with E-state index in [1.165, 1.54) is 25.2 Å². The Morgan fingerprint density at radius 3 is 2.57 bits per heavy atom. The van der Waals surface area contributed by atoms with Crippen molar-refractivity contribution in [3.63, 3.8) is 0 Å². The van der Waals surface area contributed by atoms with Crippen molar-refractivity contribution in [3.05, 3.63) is 59.4 Å². The second-order valence-electron chi connectivity index (χ2n) is 4.35. The van der Waals surface area contributed by atoms with Gasteiger partial charge in [0, 0.05) is 24.0 Å². The molecular formula is C15H14FN3O2. The standard InChI is InChI=1S/C15H14FN3O2/c1-18-14(20)9-3-2-4-11(7-9)19-15(21)12-8-10(16)5-6-13(12)17/h2-8H,17H2,1H3,(H,18,20)(H,19,21). The topological polar surface area (TPSA) is 84.2 Å². The van der Waals surface area contributed by atoms with Gasteiger partial charge in [0.15, 0.2) is 0 Å². The zero-order chi connectivity index (χ0) is 15.4. The van der Waals surface area contributed by atoms with Crippen LogP contribution in [0.15, 0.2) is 42.5 Å². The highest BCUT2D eigenvalue weighted by Gasteiger charge is 2.12. The van der Waals surface area contributed by atoms with Crippen molar-refractivity contribution in [3.8, 4) is 0 Å². The Morgan fingerprint density at radius 2 is 1.86 bits per heavy atom. The molecule has 2 aromatic rings. The van der Waals surface area contributed by atoms with Gasteiger partial charge in [-0.15, -0.1) is 0 Å². The number of benzene rings is 2. The Balaban J connectivity index is 2.23. The van der Waals surface area contributed by atoms with Gasteiger partial charge in [-0.25, -0.2) is 4.39 Å². The number of hydrogen-bond donors (Lipinski definition) is 3. The third-order valence-corrected chi connectivity index (χ3v) is 2.87. The molecule has 108 valence electrons. The summed E-state index contributed by atoms with van der Waals surface area (Å²) >= 11 is 0. The van der Waals surface area contributed by atoms with Gasteiger partial charge in [0.05, 0.1) is 5.56 Å². The summed E-state index contributed by atoms with van der Waals surface area (Å²) in [5.41, 5.74) is 6.70. The zero-order valence-electron chi connectivity index (χ0n) is 11.3. The van der Waals surface area contributed by atoms with Crippen LogP contribution in [0.2, 0.25) is 0 Å². The van der Waals surface area contributed by atoms with E-state index in [-0.39, 0.29) is 17.2 Å². The second kappa shape index (κ2) is 6.04. The average molecular weight is 287 g/mol. The molecule has 0 fully saturated rings. The van der Waals surface area contributed by atoms with Gasteiger partial charge in [0.2, 0.25) is 0 Å². The highest BCUT2D eigenvalue weighted by molar-refractivity contribution is 6.08. The molecule has 0 aliphatic carbocycles. The molecule has 2 amide bonds. The first-order valence-electron chi connectivity index (χ1n) is 6.20. The maximum absolute atomic E-state index is 13.2. The van der Waals surface area contributed by atoms with Crippen LogP contribution in [-0.4, -0.2) is 18.9 Å². The molecule has 0 unspecified atom stereocenters. The summed E-state index contributed by atoms with van der Waals surface area (Å²) in [7, 11) is 1.51. The summed E-state index contributed by atoms with van der Waals surface area (Å²) in [6, 6.07) is 9.96. The minimum absolute atomic E-state index is 0.0420. The van der Waals surface area contributed by atoms with Crippen molar-refractivity contribution in [1.82, 2.24) is 5.32 Å². The number of hydrogen-bond acceptors (Lipinski definition) is 3. The first kappa shape index (κ1) is 14.5. The van der Waals surface area contributed by atoms with Crippen LogP contribution in [0.1, 0.15) is 20.7 Å². The van der Waals surface area contributed by atoms with Crippen molar-refractivity contribution in [1.29, 1.82) is 0 Å². The smallest absolute Gasteiger partial charge is 0.257 e. The Hall–Kier alpha value is -2.89. The predicted octanol–water partition coefficient (Wildman–Crippen LogP) is 2.02. The maximum atomic E-state index is 13.2. The minimum atomic E-state index is -0.548. The second-order valence-corrected chi connectivity index (χ2v) is 4.35. The number of nitrogens with one attached hydrogen (secondary N) is 2. The number of rotatable bonds is 3. The van der Waals surface area contributed by atoms with Crippen LogP contribution in [0.25, 0.3) is 0 Å². The summed E-state index contributed by atoms with van der Waals surface area (Å²) in [5, 5.41) is 5.07. The molecule has 0 radical (unpaired) electrons. The third kappa shape index (κ3) is 3.36. The Labute approximate surface area is 121 Å². The molecular weight excluding hydrogens is 273 g/mol. The lowest BCUT2D eigenvalue weighted by atomic mass is 10.1. The van der Waals surface area contributed by atoms with Gasteiger partial charge in [0.25, 0.3) is 11.8 Å². The van der Waals surface area contributed by atoms with Crippen LogP contribution in [0, 0.1) is 5.82 Å². The first-order valence-corrected chi connectivity index (χ1v) is 6.20. The summed E-state index contributed by atoms with van der Waals surface area (Å²) in [6.45, 7) is 0. The lowest BCUT2D eigenvalue weighted by Crippen LogP contribution is -2.18. The summed E-state index contributed by atoms with van der Waals surface area (Å²) in [6.07, 6.45) is 0. The minimum Gasteiger partial charge on any atom is -0.398 e. The molecule has 0 heterocycles. The number of carbonyl (C=O) groups is 2. The molecule has 5 nitrogen and oxygen atoms in total. The van der Waals surface area contributed by atoms with E-state index in [1.54, 1.807) is 18.2 Å². The van der Waals surface area contributed by atoms with Gasteiger partial charge in [0.1, 0.15) is 5.82 Å². The molecule has 2 aromatic carbocycles. The molecule has 0 aromatic heterocycles. The number of halogens is 1. The molecule has 6 heteroatoms. The summed E-state index contributed by atoms with van der Waals surface area (Å²) in [4.78, 5) is 23.6. The van der Waals surface area contributed by atoms with Gasteiger partial charge >= 0.3 is 0 Å². The van der Waals surface area contributed by atoms with E-state index in [0.29, 0.717) is 11.3 Å². The van der Waals surface area contributed by atoms with Crippen molar-refractivity contribution in [2.75, 3.05) is 18.1 Å². The van der Waals surface area contributed by atoms with E-state index in [9.17, 15) is 14.0 Å². The Kier molecular flexibility index (Phi) is 4.18. The quantitative estimate of drug-likeness (QED) is 0.755. The van der Waals surface area contributed by atoms with Gasteiger partial charge in [-0.3, -0.25) is 9.59 Å². The van der Waals surface area contributed by atoms with Crippen molar-refractivity contribution in [2.24, 2.45) is 0 Å². The molecule has 21 heavy (non-hydrogen) atoms. The van der Waals surface area contributed by atoms with Crippen molar-refractivity contribution < 1.29 is 14.0 Å². The van der Waals surface area contributed by atoms with Crippen LogP contribution in [0.3, 0.4) is 0 Å². The monoisotopic (exact) mass is 287 g/mol. The molecule has 0 aliphatic rings. The molecule has 0 saturated carbocycles. The number of nitrogens with two attached hydrogens (primary N) is 1. The normalized spacial score (nSPS) is 10.0. The van der Waals surface area contributed by atoms with Gasteiger partial charge in [-0.2, -0.15) is 0 Å². The van der Waals surface area contributed by atoms with E-state index in [2.05, 4.69) is 10.6 Å². The third-order valence-electron chi connectivity index (χ3n) is 2.87. The molecule has 2 rings (SSSR count).